The average molecular weight is 400 g/mol. The van der Waals surface area contributed by atoms with Gasteiger partial charge in [-0.2, -0.15) is 13.2 Å². The molecule has 1 aromatic rings. The first-order valence-corrected chi connectivity index (χ1v) is 9.78. The molecule has 3 atom stereocenters. The summed E-state index contributed by atoms with van der Waals surface area (Å²) in [6.07, 6.45) is 5.71. The standard InChI is InChI=1S/C17H26N4.C2HF3O2/c1-20(15-6-7-15)10-13-4-2-5-14-11-21(12-16(13)14)17-18-8-3-9-19-17;3-2(4,5)1(6)7/h3,8-9,13-16H,2,4-7,10-12H2,1H3;(H,6,7)/t13-,14+,16+;/m0./s1. The summed E-state index contributed by atoms with van der Waals surface area (Å²) in [6, 6.07) is 2.79. The average Bonchev–Trinajstić information content (AvgIpc) is 3.41. The molecule has 3 aliphatic rings. The fourth-order valence-electron chi connectivity index (χ4n) is 4.47. The van der Waals surface area contributed by atoms with Crippen molar-refractivity contribution in [2.75, 3.05) is 31.6 Å². The lowest BCUT2D eigenvalue weighted by Gasteiger charge is -2.35. The maximum atomic E-state index is 10.6. The van der Waals surface area contributed by atoms with Crippen LogP contribution in [0, 0.1) is 17.8 Å². The van der Waals surface area contributed by atoms with E-state index in [4.69, 9.17) is 9.90 Å². The number of hydrogen-bond acceptors (Lipinski definition) is 5. The van der Waals surface area contributed by atoms with Gasteiger partial charge in [0.15, 0.2) is 0 Å². The largest absolute Gasteiger partial charge is 0.490 e. The Morgan fingerprint density at radius 3 is 2.43 bits per heavy atom. The number of carbonyl (C=O) groups is 1. The Kier molecular flexibility index (Phi) is 6.42. The molecule has 0 amide bonds. The molecule has 4 rings (SSSR count). The van der Waals surface area contributed by atoms with Crippen LogP contribution >= 0.6 is 0 Å². The van der Waals surface area contributed by atoms with Crippen molar-refractivity contribution in [3.05, 3.63) is 18.5 Å². The van der Waals surface area contributed by atoms with Crippen LogP contribution in [0.3, 0.4) is 0 Å². The first-order valence-electron chi connectivity index (χ1n) is 9.78. The number of carboxylic acids is 1. The zero-order valence-corrected chi connectivity index (χ0v) is 16.0. The molecule has 1 aromatic heterocycles. The van der Waals surface area contributed by atoms with Crippen molar-refractivity contribution in [2.24, 2.45) is 17.8 Å². The Balaban J connectivity index is 0.000000279. The number of carboxylic acid groups (broad SMARTS) is 1. The second-order valence-corrected chi connectivity index (χ2v) is 8.04. The van der Waals surface area contributed by atoms with Gasteiger partial charge in [0, 0.05) is 38.1 Å². The lowest BCUT2D eigenvalue weighted by Crippen LogP contribution is -2.36. The number of alkyl halides is 3. The number of aromatic nitrogens is 2. The van der Waals surface area contributed by atoms with E-state index in [2.05, 4.69) is 26.8 Å². The summed E-state index contributed by atoms with van der Waals surface area (Å²) in [5, 5.41) is 7.12. The zero-order valence-electron chi connectivity index (χ0n) is 16.0. The predicted molar refractivity (Wildman–Crippen MR) is 97.9 cm³/mol. The van der Waals surface area contributed by atoms with E-state index in [1.54, 1.807) is 0 Å². The number of anilines is 1. The second kappa shape index (κ2) is 8.63. The highest BCUT2D eigenvalue weighted by Gasteiger charge is 2.42. The van der Waals surface area contributed by atoms with Gasteiger partial charge in [-0.3, -0.25) is 0 Å². The number of aliphatic carboxylic acids is 1. The Bertz CT molecular complexity index is 654. The smallest absolute Gasteiger partial charge is 0.475 e. The van der Waals surface area contributed by atoms with Crippen LogP contribution in [0.1, 0.15) is 32.1 Å². The van der Waals surface area contributed by atoms with E-state index >= 15 is 0 Å². The van der Waals surface area contributed by atoms with Gasteiger partial charge < -0.3 is 14.9 Å². The predicted octanol–water partition coefficient (Wildman–Crippen LogP) is 3.06. The highest BCUT2D eigenvalue weighted by atomic mass is 19.4. The monoisotopic (exact) mass is 400 g/mol. The molecular weight excluding hydrogens is 373 g/mol. The van der Waals surface area contributed by atoms with Gasteiger partial charge in [0.05, 0.1) is 0 Å². The van der Waals surface area contributed by atoms with Crippen LogP contribution in [-0.4, -0.2) is 64.8 Å². The topological polar surface area (TPSA) is 69.6 Å². The van der Waals surface area contributed by atoms with E-state index in [0.29, 0.717) is 0 Å². The minimum Gasteiger partial charge on any atom is -0.475 e. The molecule has 2 saturated carbocycles. The van der Waals surface area contributed by atoms with E-state index < -0.39 is 12.1 Å². The molecule has 0 spiro atoms. The van der Waals surface area contributed by atoms with Crippen molar-refractivity contribution in [3.63, 3.8) is 0 Å². The maximum Gasteiger partial charge on any atom is 0.490 e. The van der Waals surface area contributed by atoms with Gasteiger partial charge in [0.25, 0.3) is 0 Å². The van der Waals surface area contributed by atoms with E-state index in [9.17, 15) is 13.2 Å². The third kappa shape index (κ3) is 5.33. The Morgan fingerprint density at radius 1 is 1.21 bits per heavy atom. The summed E-state index contributed by atoms with van der Waals surface area (Å²) in [4.78, 5) is 22.8. The van der Waals surface area contributed by atoms with Crippen molar-refractivity contribution < 1.29 is 23.1 Å². The van der Waals surface area contributed by atoms with Crippen LogP contribution in [0.5, 0.6) is 0 Å². The molecule has 28 heavy (non-hydrogen) atoms. The van der Waals surface area contributed by atoms with Gasteiger partial charge in [-0.15, -0.1) is 0 Å². The van der Waals surface area contributed by atoms with E-state index in [1.165, 1.54) is 45.2 Å². The lowest BCUT2D eigenvalue weighted by molar-refractivity contribution is -0.192. The van der Waals surface area contributed by atoms with E-state index in [1.807, 2.05) is 18.5 Å². The molecule has 0 radical (unpaired) electrons. The van der Waals surface area contributed by atoms with Gasteiger partial charge in [-0.25, -0.2) is 14.8 Å². The van der Waals surface area contributed by atoms with Crippen molar-refractivity contribution in [1.29, 1.82) is 0 Å². The SMILES string of the molecule is CN(C[C@@H]1CCC[C@@H]2CN(c3ncccn3)C[C@@H]21)C1CC1.O=C(O)C(F)(F)F. The molecule has 1 saturated heterocycles. The van der Waals surface area contributed by atoms with Gasteiger partial charge in [-0.05, 0) is 56.6 Å². The van der Waals surface area contributed by atoms with Crippen LogP contribution in [0.25, 0.3) is 0 Å². The molecule has 3 fully saturated rings. The molecule has 1 aliphatic heterocycles. The third-order valence-electron chi connectivity index (χ3n) is 6.02. The Hall–Kier alpha value is -1.90. The molecule has 156 valence electrons. The highest BCUT2D eigenvalue weighted by molar-refractivity contribution is 5.73. The minimum atomic E-state index is -5.08. The van der Waals surface area contributed by atoms with Crippen LogP contribution in [0.4, 0.5) is 19.1 Å². The highest BCUT2D eigenvalue weighted by Crippen LogP contribution is 2.42. The fraction of sp³-hybridized carbons (Fsp3) is 0.737. The number of halogens is 3. The van der Waals surface area contributed by atoms with Crippen LogP contribution in [-0.2, 0) is 4.79 Å². The summed E-state index contributed by atoms with van der Waals surface area (Å²) < 4.78 is 31.7. The minimum absolute atomic E-state index is 0.851. The molecule has 9 heteroatoms. The maximum absolute atomic E-state index is 10.6. The van der Waals surface area contributed by atoms with Crippen molar-refractivity contribution in [2.45, 2.75) is 44.3 Å². The summed E-state index contributed by atoms with van der Waals surface area (Å²) in [5.41, 5.74) is 0. The zero-order chi connectivity index (χ0) is 20.3. The van der Waals surface area contributed by atoms with Crippen molar-refractivity contribution >= 4 is 11.9 Å². The van der Waals surface area contributed by atoms with Gasteiger partial charge >= 0.3 is 12.1 Å². The van der Waals surface area contributed by atoms with Crippen molar-refractivity contribution in [3.8, 4) is 0 Å². The summed E-state index contributed by atoms with van der Waals surface area (Å²) >= 11 is 0. The van der Waals surface area contributed by atoms with E-state index in [0.717, 1.165) is 36.3 Å². The second-order valence-electron chi connectivity index (χ2n) is 8.04. The van der Waals surface area contributed by atoms with Crippen LogP contribution in [0.15, 0.2) is 18.5 Å². The molecular formula is C19H27F3N4O2. The van der Waals surface area contributed by atoms with Gasteiger partial charge in [0.1, 0.15) is 0 Å². The number of fused-ring (bicyclic) bond motifs is 1. The van der Waals surface area contributed by atoms with Crippen LogP contribution in [0.2, 0.25) is 0 Å². The molecule has 2 heterocycles. The normalized spacial score (nSPS) is 27.2. The quantitative estimate of drug-likeness (QED) is 0.838. The van der Waals surface area contributed by atoms with E-state index in [-0.39, 0.29) is 0 Å². The Labute approximate surface area is 162 Å². The van der Waals surface area contributed by atoms with Crippen molar-refractivity contribution in [1.82, 2.24) is 14.9 Å². The summed E-state index contributed by atoms with van der Waals surface area (Å²) in [5.74, 6) is 0.765. The Morgan fingerprint density at radius 2 is 1.86 bits per heavy atom. The molecule has 2 aliphatic carbocycles. The summed E-state index contributed by atoms with van der Waals surface area (Å²) in [6.45, 7) is 3.63. The molecule has 1 N–H and O–H groups in total. The third-order valence-corrected chi connectivity index (χ3v) is 6.02. The molecule has 0 aromatic carbocycles. The molecule has 6 nitrogen and oxygen atoms in total. The molecule has 0 bridgehead atoms. The number of hydrogen-bond donors (Lipinski definition) is 1. The number of nitrogens with zero attached hydrogens (tertiary/aromatic N) is 4. The molecule has 0 unspecified atom stereocenters. The first kappa shape index (κ1) is 20.8. The number of rotatable bonds is 4. The van der Waals surface area contributed by atoms with Gasteiger partial charge in [0.2, 0.25) is 5.95 Å². The lowest BCUT2D eigenvalue weighted by atomic mass is 9.73. The first-order chi connectivity index (χ1) is 13.3. The van der Waals surface area contributed by atoms with Crippen LogP contribution < -0.4 is 4.90 Å². The fourth-order valence-corrected chi connectivity index (χ4v) is 4.47. The van der Waals surface area contributed by atoms with Gasteiger partial charge in [-0.1, -0.05) is 6.42 Å². The summed E-state index contributed by atoms with van der Waals surface area (Å²) in [7, 11) is 2.33.